The quantitative estimate of drug-likeness (QED) is 0.783. The normalized spacial score (nSPS) is 26.8. The molecule has 2 aliphatic heterocycles. The van der Waals surface area contributed by atoms with E-state index in [-0.39, 0.29) is 11.3 Å². The lowest BCUT2D eigenvalue weighted by Crippen LogP contribution is -2.43. The van der Waals surface area contributed by atoms with Crippen molar-refractivity contribution in [3.8, 4) is 0 Å². The molecule has 3 unspecified atom stereocenters. The molecule has 0 aromatic heterocycles. The molecule has 0 spiro atoms. The highest BCUT2D eigenvalue weighted by Gasteiger charge is 2.33. The van der Waals surface area contributed by atoms with Crippen molar-refractivity contribution in [3.63, 3.8) is 0 Å². The molecule has 3 atom stereocenters. The summed E-state index contributed by atoms with van der Waals surface area (Å²) in [5.74, 6) is 0.577. The van der Waals surface area contributed by atoms with Crippen LogP contribution < -0.4 is 16.2 Å². The molecular formula is C20H32N4O. The first kappa shape index (κ1) is 18.4. The average Bonchev–Trinajstić information content (AvgIpc) is 3.25. The van der Waals surface area contributed by atoms with Crippen molar-refractivity contribution in [2.45, 2.75) is 51.6 Å². The third-order valence-electron chi connectivity index (χ3n) is 5.56. The molecule has 0 radical (unpaired) electrons. The van der Waals surface area contributed by atoms with Gasteiger partial charge in [-0.05, 0) is 42.3 Å². The third kappa shape index (κ3) is 4.22. The lowest BCUT2D eigenvalue weighted by atomic mass is 9.84. The van der Waals surface area contributed by atoms with Crippen LogP contribution in [-0.2, 0) is 0 Å². The monoisotopic (exact) mass is 344 g/mol. The molecule has 1 aromatic rings. The zero-order valence-electron chi connectivity index (χ0n) is 15.9. The Hall–Kier alpha value is -1.43. The fourth-order valence-corrected chi connectivity index (χ4v) is 3.90. The van der Waals surface area contributed by atoms with E-state index < -0.39 is 0 Å². The third-order valence-corrected chi connectivity index (χ3v) is 5.56. The highest BCUT2D eigenvalue weighted by Crippen LogP contribution is 2.27. The molecule has 5 heteroatoms. The minimum Gasteiger partial charge on any atom is -0.340 e. The van der Waals surface area contributed by atoms with Crippen LogP contribution in [0.4, 0.5) is 0 Å². The molecule has 1 amide bonds. The van der Waals surface area contributed by atoms with Crippen LogP contribution in [0.1, 0.15) is 55.5 Å². The van der Waals surface area contributed by atoms with Gasteiger partial charge in [0, 0.05) is 37.8 Å². The van der Waals surface area contributed by atoms with Crippen LogP contribution in [0.3, 0.4) is 0 Å². The van der Waals surface area contributed by atoms with Crippen LogP contribution in [0.25, 0.3) is 0 Å². The lowest BCUT2D eigenvalue weighted by Gasteiger charge is -2.26. The van der Waals surface area contributed by atoms with Gasteiger partial charge in [0.15, 0.2) is 0 Å². The van der Waals surface area contributed by atoms with Crippen molar-refractivity contribution in [2.75, 3.05) is 26.7 Å². The Bertz CT molecular complexity index is 604. The Kier molecular flexibility index (Phi) is 5.46. The minimum atomic E-state index is 0.128. The Morgan fingerprint density at radius 3 is 2.64 bits per heavy atom. The van der Waals surface area contributed by atoms with E-state index in [0.717, 1.165) is 38.0 Å². The summed E-state index contributed by atoms with van der Waals surface area (Å²) in [5.41, 5.74) is 9.02. The summed E-state index contributed by atoms with van der Waals surface area (Å²) in [6.07, 6.45) is 2.14. The van der Waals surface area contributed by atoms with Gasteiger partial charge in [-0.2, -0.15) is 0 Å². The number of nitrogens with zero attached hydrogens (tertiary/aromatic N) is 1. The second-order valence-electron chi connectivity index (χ2n) is 8.60. The molecule has 5 nitrogen and oxygen atoms in total. The Morgan fingerprint density at radius 2 is 2.00 bits per heavy atom. The number of amides is 1. The van der Waals surface area contributed by atoms with Gasteiger partial charge < -0.3 is 10.2 Å². The van der Waals surface area contributed by atoms with Gasteiger partial charge in [0.25, 0.3) is 5.91 Å². The molecule has 2 fully saturated rings. The maximum Gasteiger partial charge on any atom is 0.253 e. The van der Waals surface area contributed by atoms with Crippen LogP contribution in [-0.4, -0.2) is 49.6 Å². The largest absolute Gasteiger partial charge is 0.340 e. The Morgan fingerprint density at radius 1 is 1.24 bits per heavy atom. The van der Waals surface area contributed by atoms with E-state index in [0.29, 0.717) is 18.0 Å². The predicted octanol–water partition coefficient (Wildman–Crippen LogP) is 2.12. The number of hydrogen-bond acceptors (Lipinski definition) is 4. The number of likely N-dealkylation sites (N-methyl/N-ethyl adjacent to an activating group) is 1. The standard InChI is InChI=1S/C20H32N4O/c1-20(2,3)18-11-15(22-23-18)13-24(4)19(25)17-8-6-5-7-16(17)14-9-10-21-12-14/h5-8,14-15,18,21-23H,9-13H2,1-4H3. The minimum absolute atomic E-state index is 0.128. The SMILES string of the molecule is CN(CC1CC(C(C)(C)C)NN1)C(=O)c1ccccc1C1CCNC1. The highest BCUT2D eigenvalue weighted by atomic mass is 16.2. The number of hydrogen-bond donors (Lipinski definition) is 3. The van der Waals surface area contributed by atoms with E-state index in [9.17, 15) is 4.79 Å². The van der Waals surface area contributed by atoms with E-state index in [4.69, 9.17) is 0 Å². The second-order valence-corrected chi connectivity index (χ2v) is 8.60. The summed E-state index contributed by atoms with van der Waals surface area (Å²) in [7, 11) is 1.91. The first-order valence-corrected chi connectivity index (χ1v) is 9.42. The fraction of sp³-hybridized carbons (Fsp3) is 0.650. The first-order chi connectivity index (χ1) is 11.9. The summed E-state index contributed by atoms with van der Waals surface area (Å²) < 4.78 is 0. The molecule has 2 aliphatic rings. The van der Waals surface area contributed by atoms with Gasteiger partial charge in [-0.3, -0.25) is 15.6 Å². The zero-order chi connectivity index (χ0) is 18.0. The predicted molar refractivity (Wildman–Crippen MR) is 102 cm³/mol. The summed E-state index contributed by atoms with van der Waals surface area (Å²) >= 11 is 0. The molecule has 1 aromatic carbocycles. The number of rotatable bonds is 4. The summed E-state index contributed by atoms with van der Waals surface area (Å²) in [5, 5.41) is 3.40. The molecule has 0 aliphatic carbocycles. The molecule has 2 heterocycles. The van der Waals surface area contributed by atoms with Gasteiger partial charge >= 0.3 is 0 Å². The van der Waals surface area contributed by atoms with E-state index in [2.05, 4.69) is 43.0 Å². The van der Waals surface area contributed by atoms with Crippen molar-refractivity contribution >= 4 is 5.91 Å². The molecule has 138 valence electrons. The van der Waals surface area contributed by atoms with E-state index in [1.165, 1.54) is 5.56 Å². The van der Waals surface area contributed by atoms with Crippen molar-refractivity contribution in [2.24, 2.45) is 5.41 Å². The number of hydrazine groups is 1. The van der Waals surface area contributed by atoms with Crippen LogP contribution in [0.5, 0.6) is 0 Å². The van der Waals surface area contributed by atoms with Gasteiger partial charge in [-0.25, -0.2) is 0 Å². The topological polar surface area (TPSA) is 56.4 Å². The molecule has 3 rings (SSSR count). The zero-order valence-corrected chi connectivity index (χ0v) is 15.9. The smallest absolute Gasteiger partial charge is 0.253 e. The van der Waals surface area contributed by atoms with Crippen molar-refractivity contribution in [1.82, 2.24) is 21.1 Å². The maximum absolute atomic E-state index is 13.0. The molecular weight excluding hydrogens is 312 g/mol. The van der Waals surface area contributed by atoms with Crippen LogP contribution in [0, 0.1) is 5.41 Å². The number of carbonyl (C=O) groups excluding carboxylic acids is 1. The van der Waals surface area contributed by atoms with Crippen molar-refractivity contribution in [3.05, 3.63) is 35.4 Å². The number of benzene rings is 1. The Labute approximate surface area is 151 Å². The fourth-order valence-electron chi connectivity index (χ4n) is 3.90. The molecule has 3 N–H and O–H groups in total. The number of nitrogens with one attached hydrogen (secondary N) is 3. The molecule has 0 bridgehead atoms. The summed E-state index contributed by atoms with van der Waals surface area (Å²) in [4.78, 5) is 14.9. The first-order valence-electron chi connectivity index (χ1n) is 9.42. The van der Waals surface area contributed by atoms with Crippen LogP contribution in [0.15, 0.2) is 24.3 Å². The van der Waals surface area contributed by atoms with Crippen LogP contribution >= 0.6 is 0 Å². The van der Waals surface area contributed by atoms with Gasteiger partial charge in [0.2, 0.25) is 0 Å². The highest BCUT2D eigenvalue weighted by molar-refractivity contribution is 5.95. The molecule has 0 saturated carbocycles. The summed E-state index contributed by atoms with van der Waals surface area (Å²) in [6.45, 7) is 9.46. The number of carbonyl (C=O) groups is 1. The van der Waals surface area contributed by atoms with Gasteiger partial charge in [-0.1, -0.05) is 39.0 Å². The molecule has 2 saturated heterocycles. The van der Waals surface area contributed by atoms with E-state index >= 15 is 0 Å². The van der Waals surface area contributed by atoms with E-state index in [1.807, 2.05) is 30.1 Å². The van der Waals surface area contributed by atoms with Crippen molar-refractivity contribution < 1.29 is 4.79 Å². The Balaban J connectivity index is 1.65. The van der Waals surface area contributed by atoms with Gasteiger partial charge in [0.05, 0.1) is 0 Å². The van der Waals surface area contributed by atoms with Gasteiger partial charge in [0.1, 0.15) is 0 Å². The maximum atomic E-state index is 13.0. The summed E-state index contributed by atoms with van der Waals surface area (Å²) in [6, 6.07) is 8.82. The molecule has 25 heavy (non-hydrogen) atoms. The lowest BCUT2D eigenvalue weighted by molar-refractivity contribution is 0.0781. The van der Waals surface area contributed by atoms with E-state index in [1.54, 1.807) is 0 Å². The van der Waals surface area contributed by atoms with Crippen molar-refractivity contribution in [1.29, 1.82) is 0 Å². The average molecular weight is 345 g/mol. The van der Waals surface area contributed by atoms with Crippen LogP contribution in [0.2, 0.25) is 0 Å². The van der Waals surface area contributed by atoms with Gasteiger partial charge in [-0.15, -0.1) is 0 Å². The second kappa shape index (κ2) is 7.44.